The number of hydrogen-bond donors (Lipinski definition) is 1. The predicted octanol–water partition coefficient (Wildman–Crippen LogP) is 2.16. The number of esters is 1. The lowest BCUT2D eigenvalue weighted by Crippen LogP contribution is -2.11. The van der Waals surface area contributed by atoms with Crippen molar-refractivity contribution in [2.45, 2.75) is 19.3 Å². The van der Waals surface area contributed by atoms with Gasteiger partial charge in [-0.1, -0.05) is 6.07 Å². The van der Waals surface area contributed by atoms with Gasteiger partial charge in [-0.2, -0.15) is 0 Å². The van der Waals surface area contributed by atoms with Crippen molar-refractivity contribution in [3.8, 4) is 5.75 Å². The van der Waals surface area contributed by atoms with Crippen molar-refractivity contribution < 1.29 is 14.3 Å². The van der Waals surface area contributed by atoms with Gasteiger partial charge >= 0.3 is 5.97 Å². The van der Waals surface area contributed by atoms with E-state index in [9.17, 15) is 4.79 Å². The Morgan fingerprint density at radius 2 is 2.35 bits per heavy atom. The van der Waals surface area contributed by atoms with Gasteiger partial charge in [-0.15, -0.1) is 0 Å². The first-order valence-corrected chi connectivity index (χ1v) is 5.82. The lowest BCUT2D eigenvalue weighted by molar-refractivity contribution is -0.143. The molecule has 1 unspecified atom stereocenters. The van der Waals surface area contributed by atoms with Gasteiger partial charge in [0.1, 0.15) is 5.75 Å². The third-order valence-corrected chi connectivity index (χ3v) is 2.96. The smallest absolute Gasteiger partial charge is 0.306 e. The van der Waals surface area contributed by atoms with E-state index in [0.717, 1.165) is 18.0 Å². The van der Waals surface area contributed by atoms with E-state index in [0.29, 0.717) is 13.0 Å². The van der Waals surface area contributed by atoms with Crippen LogP contribution >= 0.6 is 0 Å². The highest BCUT2D eigenvalue weighted by Gasteiger charge is 2.25. The van der Waals surface area contributed by atoms with E-state index in [1.807, 2.05) is 25.1 Å². The minimum Gasteiger partial charge on any atom is -0.497 e. The Morgan fingerprint density at radius 1 is 1.53 bits per heavy atom. The van der Waals surface area contributed by atoms with E-state index < -0.39 is 0 Å². The number of fused-ring (bicyclic) bond motifs is 1. The van der Waals surface area contributed by atoms with Crippen molar-refractivity contribution in [2.24, 2.45) is 0 Å². The maximum Gasteiger partial charge on any atom is 0.306 e. The quantitative estimate of drug-likeness (QED) is 0.812. The zero-order valence-electron chi connectivity index (χ0n) is 10.2. The molecule has 1 aromatic rings. The summed E-state index contributed by atoms with van der Waals surface area (Å²) in [7, 11) is 1.65. The maximum absolute atomic E-state index is 11.5. The van der Waals surface area contributed by atoms with E-state index in [2.05, 4.69) is 5.32 Å². The SMILES string of the molecule is CCOC(=O)CC1CNc2cc(OC)ccc21. The zero-order chi connectivity index (χ0) is 12.3. The average molecular weight is 235 g/mol. The molecule has 17 heavy (non-hydrogen) atoms. The van der Waals surface area contributed by atoms with Crippen molar-refractivity contribution in [1.29, 1.82) is 0 Å². The Labute approximate surface area is 101 Å². The number of methoxy groups -OCH3 is 1. The molecule has 1 atom stereocenters. The highest BCUT2D eigenvalue weighted by atomic mass is 16.5. The number of hydrogen-bond acceptors (Lipinski definition) is 4. The predicted molar refractivity (Wildman–Crippen MR) is 65.5 cm³/mol. The van der Waals surface area contributed by atoms with Crippen LogP contribution in [0.1, 0.15) is 24.8 Å². The second-order valence-corrected chi connectivity index (χ2v) is 4.04. The molecule has 0 spiro atoms. The van der Waals surface area contributed by atoms with Crippen LogP contribution in [-0.2, 0) is 9.53 Å². The Kier molecular flexibility index (Phi) is 3.52. The summed E-state index contributed by atoms with van der Waals surface area (Å²) in [6.45, 7) is 3.04. The molecule has 4 heteroatoms. The number of carbonyl (C=O) groups excluding carboxylic acids is 1. The molecule has 0 bridgehead atoms. The molecule has 1 N–H and O–H groups in total. The summed E-state index contributed by atoms with van der Waals surface area (Å²) < 4.78 is 10.1. The largest absolute Gasteiger partial charge is 0.497 e. The third kappa shape index (κ3) is 2.52. The fourth-order valence-corrected chi connectivity index (χ4v) is 2.12. The van der Waals surface area contributed by atoms with E-state index in [1.165, 1.54) is 5.56 Å². The summed E-state index contributed by atoms with van der Waals surface area (Å²) in [5.74, 6) is 0.894. The molecule has 2 rings (SSSR count). The van der Waals surface area contributed by atoms with Crippen LogP contribution < -0.4 is 10.1 Å². The first kappa shape index (κ1) is 11.8. The lowest BCUT2D eigenvalue weighted by atomic mass is 9.98. The number of anilines is 1. The highest BCUT2D eigenvalue weighted by Crippen LogP contribution is 2.36. The molecule has 4 nitrogen and oxygen atoms in total. The van der Waals surface area contributed by atoms with Gasteiger partial charge < -0.3 is 14.8 Å². The van der Waals surface area contributed by atoms with Crippen LogP contribution in [0.4, 0.5) is 5.69 Å². The Hall–Kier alpha value is -1.71. The van der Waals surface area contributed by atoms with Gasteiger partial charge in [-0.05, 0) is 18.6 Å². The van der Waals surface area contributed by atoms with Crippen LogP contribution in [0.5, 0.6) is 5.75 Å². The number of benzene rings is 1. The van der Waals surface area contributed by atoms with Crippen molar-refractivity contribution >= 4 is 11.7 Å². The van der Waals surface area contributed by atoms with Gasteiger partial charge in [0.15, 0.2) is 0 Å². The molecule has 0 fully saturated rings. The molecular weight excluding hydrogens is 218 g/mol. The monoisotopic (exact) mass is 235 g/mol. The summed E-state index contributed by atoms with van der Waals surface area (Å²) in [5.41, 5.74) is 2.22. The second kappa shape index (κ2) is 5.08. The van der Waals surface area contributed by atoms with Crippen molar-refractivity contribution in [3.63, 3.8) is 0 Å². The van der Waals surface area contributed by atoms with Crippen molar-refractivity contribution in [3.05, 3.63) is 23.8 Å². The maximum atomic E-state index is 11.5. The van der Waals surface area contributed by atoms with E-state index in [1.54, 1.807) is 7.11 Å². The van der Waals surface area contributed by atoms with Crippen LogP contribution in [-0.4, -0.2) is 26.2 Å². The molecular formula is C13H17NO3. The molecule has 1 aliphatic rings. The highest BCUT2D eigenvalue weighted by molar-refractivity contribution is 5.73. The molecule has 0 aromatic heterocycles. The zero-order valence-corrected chi connectivity index (χ0v) is 10.2. The fourth-order valence-electron chi connectivity index (χ4n) is 2.12. The average Bonchev–Trinajstić information content (AvgIpc) is 2.72. The number of nitrogens with one attached hydrogen (secondary N) is 1. The molecule has 0 saturated carbocycles. The summed E-state index contributed by atoms with van der Waals surface area (Å²) in [6.07, 6.45) is 0.431. The van der Waals surface area contributed by atoms with Crippen LogP contribution in [0.3, 0.4) is 0 Å². The van der Waals surface area contributed by atoms with Gasteiger partial charge in [0.25, 0.3) is 0 Å². The van der Waals surface area contributed by atoms with Crippen LogP contribution in [0, 0.1) is 0 Å². The first-order chi connectivity index (χ1) is 8.24. The molecule has 0 saturated heterocycles. The minimum atomic E-state index is -0.136. The molecule has 1 aliphatic heterocycles. The lowest BCUT2D eigenvalue weighted by Gasteiger charge is -2.09. The van der Waals surface area contributed by atoms with E-state index in [-0.39, 0.29) is 11.9 Å². The Morgan fingerprint density at radius 3 is 3.06 bits per heavy atom. The minimum absolute atomic E-state index is 0.136. The molecule has 1 heterocycles. The van der Waals surface area contributed by atoms with Gasteiger partial charge in [0, 0.05) is 24.2 Å². The summed E-state index contributed by atoms with van der Waals surface area (Å²) in [5, 5.41) is 3.28. The summed E-state index contributed by atoms with van der Waals surface area (Å²) in [4.78, 5) is 11.5. The third-order valence-electron chi connectivity index (χ3n) is 2.96. The molecule has 0 aliphatic carbocycles. The van der Waals surface area contributed by atoms with E-state index >= 15 is 0 Å². The summed E-state index contributed by atoms with van der Waals surface area (Å²) >= 11 is 0. The second-order valence-electron chi connectivity index (χ2n) is 4.04. The van der Waals surface area contributed by atoms with Crippen molar-refractivity contribution in [1.82, 2.24) is 0 Å². The first-order valence-electron chi connectivity index (χ1n) is 5.82. The van der Waals surface area contributed by atoms with Crippen LogP contribution in [0.15, 0.2) is 18.2 Å². The fraction of sp³-hybridized carbons (Fsp3) is 0.462. The van der Waals surface area contributed by atoms with Gasteiger partial charge in [0.05, 0.1) is 20.1 Å². The standard InChI is InChI=1S/C13H17NO3/c1-3-17-13(15)6-9-8-14-12-7-10(16-2)4-5-11(9)12/h4-5,7,9,14H,3,6,8H2,1-2H3. The van der Waals surface area contributed by atoms with Crippen molar-refractivity contribution in [2.75, 3.05) is 25.6 Å². The Bertz CT molecular complexity index is 417. The number of ether oxygens (including phenoxy) is 2. The molecule has 0 amide bonds. The van der Waals surface area contributed by atoms with E-state index in [4.69, 9.17) is 9.47 Å². The van der Waals surface area contributed by atoms with Gasteiger partial charge in [-0.3, -0.25) is 4.79 Å². The normalized spacial score (nSPS) is 17.2. The molecule has 92 valence electrons. The van der Waals surface area contributed by atoms with Gasteiger partial charge in [0.2, 0.25) is 0 Å². The summed E-state index contributed by atoms with van der Waals surface area (Å²) in [6, 6.07) is 5.89. The van der Waals surface area contributed by atoms with Gasteiger partial charge in [-0.25, -0.2) is 0 Å². The number of carbonyl (C=O) groups is 1. The molecule has 0 radical (unpaired) electrons. The Balaban J connectivity index is 2.09. The van der Waals surface area contributed by atoms with Crippen LogP contribution in [0.2, 0.25) is 0 Å². The number of rotatable bonds is 4. The van der Waals surface area contributed by atoms with Crippen LogP contribution in [0.25, 0.3) is 0 Å². The topological polar surface area (TPSA) is 47.6 Å². The molecule has 1 aromatic carbocycles.